The molecule has 3 aliphatic rings. The fourth-order valence-corrected chi connectivity index (χ4v) is 9.10. The second-order valence-corrected chi connectivity index (χ2v) is 15.7. The van der Waals surface area contributed by atoms with Crippen molar-refractivity contribution in [1.82, 2.24) is 9.88 Å². The molecular weight excluding hydrogens is 660 g/mol. The van der Waals surface area contributed by atoms with E-state index in [4.69, 9.17) is 20.2 Å². The molecule has 3 fully saturated rings. The van der Waals surface area contributed by atoms with Gasteiger partial charge in [0.25, 0.3) is 5.91 Å². The Morgan fingerprint density at radius 2 is 1.79 bits per heavy atom. The van der Waals surface area contributed by atoms with E-state index in [1.54, 1.807) is 25.0 Å². The summed E-state index contributed by atoms with van der Waals surface area (Å²) in [4.78, 5) is 63.7. The van der Waals surface area contributed by atoms with E-state index < -0.39 is 56.7 Å². The van der Waals surface area contributed by atoms with Crippen LogP contribution in [0, 0.1) is 17.3 Å². The van der Waals surface area contributed by atoms with E-state index in [1.807, 2.05) is 69.3 Å². The molecule has 3 aromatic rings. The number of aromatic nitrogens is 1. The van der Waals surface area contributed by atoms with Gasteiger partial charge < -0.3 is 30.0 Å². The number of fused-ring (bicyclic) bond motifs is 1. The first kappa shape index (κ1) is 37.0. The van der Waals surface area contributed by atoms with Crippen LogP contribution in [0.15, 0.2) is 67.3 Å². The molecule has 6 atom stereocenters. The highest BCUT2D eigenvalue weighted by Crippen LogP contribution is 2.62. The number of methoxy groups -OCH3 is 1. The zero-order valence-electron chi connectivity index (χ0n) is 30.9. The van der Waals surface area contributed by atoms with E-state index in [0.29, 0.717) is 41.2 Å². The van der Waals surface area contributed by atoms with Crippen LogP contribution in [0.25, 0.3) is 22.2 Å². The minimum absolute atomic E-state index is 0.0267. The largest absolute Gasteiger partial charge is 0.544 e. The summed E-state index contributed by atoms with van der Waals surface area (Å²) < 4.78 is 11.6. The van der Waals surface area contributed by atoms with Crippen LogP contribution in [0.5, 0.6) is 11.5 Å². The Bertz CT molecular complexity index is 1900. The molecule has 2 N–H and O–H groups in total. The highest BCUT2D eigenvalue weighted by molar-refractivity contribution is 5.93. The smallest absolute Gasteiger partial charge is 0.319 e. The van der Waals surface area contributed by atoms with Crippen LogP contribution in [0.4, 0.5) is 0 Å². The molecule has 6 rings (SSSR count). The lowest BCUT2D eigenvalue weighted by atomic mass is 9.74. The summed E-state index contributed by atoms with van der Waals surface area (Å²) in [7, 11) is 1.58. The van der Waals surface area contributed by atoms with Crippen molar-refractivity contribution in [3.8, 4) is 22.8 Å². The van der Waals surface area contributed by atoms with Crippen LogP contribution >= 0.6 is 0 Å². The van der Waals surface area contributed by atoms with Gasteiger partial charge in [-0.1, -0.05) is 64.1 Å². The average molecular weight is 711 g/mol. The molecule has 0 bridgehead atoms. The lowest BCUT2D eigenvalue weighted by molar-refractivity contribution is -0.915. The molecule has 52 heavy (non-hydrogen) atoms. The first-order chi connectivity index (χ1) is 24.7. The summed E-state index contributed by atoms with van der Waals surface area (Å²) in [5, 5.41) is 14.2. The number of quaternary nitrogens is 1. The van der Waals surface area contributed by atoms with Gasteiger partial charge in [-0.25, -0.2) is 14.3 Å². The number of carbonyl (C=O) groups excluding carboxylic acids is 4. The van der Waals surface area contributed by atoms with Crippen molar-refractivity contribution in [1.29, 1.82) is 0 Å². The van der Waals surface area contributed by atoms with E-state index in [0.717, 1.165) is 18.4 Å². The Labute approximate surface area is 305 Å². The van der Waals surface area contributed by atoms with Gasteiger partial charge in [0.15, 0.2) is 17.2 Å². The van der Waals surface area contributed by atoms with Gasteiger partial charge in [-0.15, -0.1) is 6.58 Å². The third-order valence-electron chi connectivity index (χ3n) is 12.0. The minimum atomic E-state index is -1.83. The molecule has 11 heteroatoms. The topological polar surface area (TPSA) is 152 Å². The highest BCUT2D eigenvalue weighted by atomic mass is 16.5. The highest BCUT2D eigenvalue weighted by Gasteiger charge is 2.82. The molecule has 0 spiro atoms. The van der Waals surface area contributed by atoms with Crippen molar-refractivity contribution in [2.45, 2.75) is 83.4 Å². The normalized spacial score (nSPS) is 27.6. The zero-order chi connectivity index (χ0) is 37.6. The van der Waals surface area contributed by atoms with Gasteiger partial charge in [-0.05, 0) is 30.4 Å². The fourth-order valence-electron chi connectivity index (χ4n) is 9.10. The number of rotatable bonds is 12. The summed E-state index contributed by atoms with van der Waals surface area (Å²) in [6.45, 7) is 12.3. The van der Waals surface area contributed by atoms with Crippen LogP contribution in [0.2, 0.25) is 0 Å². The minimum Gasteiger partial charge on any atom is -0.544 e. The van der Waals surface area contributed by atoms with Crippen LogP contribution in [-0.2, 0) is 19.2 Å². The molecule has 0 radical (unpaired) electrons. The number of carbonyl (C=O) groups is 4. The summed E-state index contributed by atoms with van der Waals surface area (Å²) in [6, 6.07) is 16.9. The molecule has 2 aliphatic heterocycles. The summed E-state index contributed by atoms with van der Waals surface area (Å²) >= 11 is 0. The Kier molecular flexibility index (Phi) is 9.71. The monoisotopic (exact) mass is 710 g/mol. The zero-order valence-corrected chi connectivity index (χ0v) is 30.9. The van der Waals surface area contributed by atoms with Crippen LogP contribution in [-0.4, -0.2) is 82.0 Å². The number of amides is 3. The van der Waals surface area contributed by atoms with Gasteiger partial charge >= 0.3 is 5.91 Å². The number of ether oxygens (including phenoxy) is 2. The molecule has 3 unspecified atom stereocenters. The summed E-state index contributed by atoms with van der Waals surface area (Å²) in [5.41, 5.74) is 4.16. The van der Waals surface area contributed by atoms with Crippen LogP contribution in [0.3, 0.4) is 0 Å². The number of hydrogen-bond acceptors (Lipinski definition) is 8. The summed E-state index contributed by atoms with van der Waals surface area (Å²) in [6.07, 6.45) is 2.42. The van der Waals surface area contributed by atoms with Crippen molar-refractivity contribution in [3.05, 3.63) is 67.3 Å². The van der Waals surface area contributed by atoms with Crippen molar-refractivity contribution < 1.29 is 38.2 Å². The van der Waals surface area contributed by atoms with Crippen LogP contribution < -0.4 is 20.3 Å². The lowest BCUT2D eigenvalue weighted by Gasteiger charge is -2.52. The third-order valence-corrected chi connectivity index (χ3v) is 12.0. The third kappa shape index (κ3) is 5.83. The second-order valence-electron chi connectivity index (χ2n) is 15.7. The molecule has 3 amide bonds. The van der Waals surface area contributed by atoms with E-state index in [-0.39, 0.29) is 38.1 Å². The Hall–Kier alpha value is -4.77. The van der Waals surface area contributed by atoms with Gasteiger partial charge in [-0.2, -0.15) is 0 Å². The quantitative estimate of drug-likeness (QED) is 0.215. The van der Waals surface area contributed by atoms with Gasteiger partial charge in [-0.3, -0.25) is 9.59 Å². The number of pyridine rings is 1. The van der Waals surface area contributed by atoms with Crippen LogP contribution in [0.1, 0.15) is 66.2 Å². The predicted octanol–water partition coefficient (Wildman–Crippen LogP) is 4.41. The van der Waals surface area contributed by atoms with E-state index >= 15 is 4.79 Å². The van der Waals surface area contributed by atoms with E-state index in [1.165, 1.54) is 6.08 Å². The molecule has 1 saturated carbocycles. The Morgan fingerprint density at radius 3 is 2.35 bits per heavy atom. The van der Waals surface area contributed by atoms with Gasteiger partial charge in [0, 0.05) is 61.4 Å². The average Bonchev–Trinajstić information content (AvgIpc) is 3.44. The fraction of sp³-hybridized carbons (Fsp3) is 0.488. The Morgan fingerprint density at radius 1 is 1.10 bits per heavy atom. The number of primary amides is 1. The SMILES string of the molecule is C=CC1CC1(C(=O)[O-])[N+]1(C(=O)[C@@H](CC(=O)N2CCCC2)C(C)(C)C)C[C@H](Oc2cc(-c3ccccc3)nc3cc(OC)ccc23)C[C@@]1(CC)C(N)=O. The van der Waals surface area contributed by atoms with Crippen molar-refractivity contribution >= 4 is 34.6 Å². The van der Waals surface area contributed by atoms with Crippen molar-refractivity contribution in [2.24, 2.45) is 23.0 Å². The number of likely N-dealkylation sites (tertiary alicyclic amines) is 2. The van der Waals surface area contributed by atoms with Gasteiger partial charge in [0.1, 0.15) is 24.0 Å². The number of hydrogen-bond donors (Lipinski definition) is 1. The number of aliphatic carboxylic acids is 1. The molecule has 1 aromatic heterocycles. The van der Waals surface area contributed by atoms with Gasteiger partial charge in [0.2, 0.25) is 5.91 Å². The number of nitrogens with zero attached hydrogens (tertiary/aromatic N) is 3. The number of carboxylic acids is 1. The molecule has 1 aliphatic carbocycles. The first-order valence-electron chi connectivity index (χ1n) is 18.2. The summed E-state index contributed by atoms with van der Waals surface area (Å²) in [5.74, 6) is -3.46. The number of nitrogens with two attached hydrogens (primary N) is 1. The predicted molar refractivity (Wildman–Crippen MR) is 195 cm³/mol. The standard InChI is InChI=1S/C41H50N4O7/c1-7-27-23-41(27,38(49)50)45(36(47)31(39(3,4)5)21-35(46)44-18-12-13-19-44)25-29(24-40(45,8-2)37(42)48)52-34-22-32(26-14-10-9-11-15-26)43-33-20-28(51-6)16-17-30(33)34/h7,9-11,14-17,20,22,27,29,31H,1,8,12-13,18-19,21,23-25H2,2-6H3,(H2-,42,48,49,50)/t27?,29-,31-,40+,41?,45?/m1/s1. The number of benzene rings is 2. The first-order valence-corrected chi connectivity index (χ1v) is 18.2. The molecular formula is C41H50N4O7. The second kappa shape index (κ2) is 13.7. The van der Waals surface area contributed by atoms with Crippen molar-refractivity contribution in [2.75, 3.05) is 26.7 Å². The maximum atomic E-state index is 15.7. The molecule has 3 heterocycles. The van der Waals surface area contributed by atoms with Gasteiger partial charge in [0.05, 0.1) is 30.7 Å². The Balaban J connectivity index is 1.52. The molecule has 2 aromatic carbocycles. The lowest BCUT2D eigenvalue weighted by Crippen LogP contribution is -2.79. The molecule has 11 nitrogen and oxygen atoms in total. The van der Waals surface area contributed by atoms with E-state index in [2.05, 4.69) is 6.58 Å². The number of carboxylic acid groups (broad SMARTS) is 1. The maximum absolute atomic E-state index is 15.7. The maximum Gasteiger partial charge on any atom is 0.319 e. The molecule has 276 valence electrons. The van der Waals surface area contributed by atoms with E-state index in [9.17, 15) is 19.5 Å². The van der Waals surface area contributed by atoms with Crippen molar-refractivity contribution in [3.63, 3.8) is 0 Å². The molecule has 2 saturated heterocycles.